The maximum absolute atomic E-state index is 9.73. The summed E-state index contributed by atoms with van der Waals surface area (Å²) in [5, 5.41) is 13.0. The molecule has 4 heteroatoms. The minimum Gasteiger partial charge on any atom is -0.397 e. The molecule has 0 aliphatic heterocycles. The number of benzene rings is 1. The molecule has 0 bridgehead atoms. The van der Waals surface area contributed by atoms with Crippen LogP contribution >= 0.6 is 0 Å². The molecule has 0 aliphatic carbocycles. The van der Waals surface area contributed by atoms with Crippen LogP contribution in [0.4, 0.5) is 11.5 Å². The van der Waals surface area contributed by atoms with Crippen LogP contribution in [0.1, 0.15) is 18.1 Å². The Bertz CT molecular complexity index is 557. The number of rotatable bonds is 4. The van der Waals surface area contributed by atoms with Gasteiger partial charge in [0.25, 0.3) is 0 Å². The van der Waals surface area contributed by atoms with Crippen LogP contribution in [0.5, 0.6) is 0 Å². The summed E-state index contributed by atoms with van der Waals surface area (Å²) < 4.78 is 0. The van der Waals surface area contributed by atoms with Crippen molar-refractivity contribution < 1.29 is 5.11 Å². The third-order valence-corrected chi connectivity index (χ3v) is 3.22. The van der Waals surface area contributed by atoms with Gasteiger partial charge in [-0.15, -0.1) is 0 Å². The Balaban J connectivity index is 2.33. The Morgan fingerprint density at radius 2 is 2.00 bits per heavy atom. The predicted octanol–water partition coefficient (Wildman–Crippen LogP) is 2.29. The van der Waals surface area contributed by atoms with Crippen LogP contribution < -0.4 is 11.1 Å². The average Bonchev–Trinajstić information content (AvgIpc) is 2.43. The highest BCUT2D eigenvalue weighted by Gasteiger charge is 2.26. The zero-order valence-corrected chi connectivity index (χ0v) is 11.2. The molecule has 0 radical (unpaired) electrons. The Hall–Kier alpha value is -2.07. The van der Waals surface area contributed by atoms with Crippen molar-refractivity contribution in [3.63, 3.8) is 0 Å². The Labute approximate surface area is 113 Å². The average molecular weight is 257 g/mol. The van der Waals surface area contributed by atoms with Crippen LogP contribution in [-0.2, 0) is 5.54 Å². The molecular weight excluding hydrogens is 238 g/mol. The van der Waals surface area contributed by atoms with Gasteiger partial charge in [-0.3, -0.25) is 0 Å². The van der Waals surface area contributed by atoms with E-state index in [-0.39, 0.29) is 6.61 Å². The van der Waals surface area contributed by atoms with Crippen LogP contribution in [0.3, 0.4) is 0 Å². The topological polar surface area (TPSA) is 71.2 Å². The zero-order valence-electron chi connectivity index (χ0n) is 11.2. The van der Waals surface area contributed by atoms with Crippen molar-refractivity contribution in [1.29, 1.82) is 0 Å². The first-order valence-corrected chi connectivity index (χ1v) is 6.22. The second kappa shape index (κ2) is 5.28. The highest BCUT2D eigenvalue weighted by Crippen LogP contribution is 2.26. The molecular formula is C15H19N3O. The van der Waals surface area contributed by atoms with Crippen molar-refractivity contribution in [1.82, 2.24) is 4.98 Å². The Morgan fingerprint density at radius 3 is 2.58 bits per heavy atom. The monoisotopic (exact) mass is 257 g/mol. The lowest BCUT2D eigenvalue weighted by Crippen LogP contribution is -2.36. The summed E-state index contributed by atoms with van der Waals surface area (Å²) in [6.07, 6.45) is 1.61. The van der Waals surface area contributed by atoms with Gasteiger partial charge in [-0.25, -0.2) is 4.98 Å². The van der Waals surface area contributed by atoms with E-state index in [9.17, 15) is 5.11 Å². The fourth-order valence-corrected chi connectivity index (χ4v) is 2.00. The fraction of sp³-hybridized carbons (Fsp3) is 0.267. The van der Waals surface area contributed by atoms with E-state index in [1.165, 1.54) is 0 Å². The van der Waals surface area contributed by atoms with E-state index in [2.05, 4.69) is 10.3 Å². The molecule has 1 heterocycles. The van der Waals surface area contributed by atoms with Gasteiger partial charge in [0.2, 0.25) is 0 Å². The van der Waals surface area contributed by atoms with E-state index in [1.54, 1.807) is 6.20 Å². The van der Waals surface area contributed by atoms with Crippen LogP contribution in [0.15, 0.2) is 42.6 Å². The van der Waals surface area contributed by atoms with Crippen LogP contribution in [0, 0.1) is 6.92 Å². The van der Waals surface area contributed by atoms with Gasteiger partial charge in [0.15, 0.2) is 0 Å². The summed E-state index contributed by atoms with van der Waals surface area (Å²) in [5.41, 5.74) is 7.72. The van der Waals surface area contributed by atoms with Gasteiger partial charge in [-0.2, -0.15) is 0 Å². The van der Waals surface area contributed by atoms with Gasteiger partial charge in [-0.1, -0.05) is 30.3 Å². The highest BCUT2D eigenvalue weighted by atomic mass is 16.3. The van der Waals surface area contributed by atoms with E-state index in [0.29, 0.717) is 5.69 Å². The fourth-order valence-electron chi connectivity index (χ4n) is 2.00. The number of hydrogen-bond donors (Lipinski definition) is 3. The number of aryl methyl sites for hydroxylation is 1. The van der Waals surface area contributed by atoms with Gasteiger partial charge >= 0.3 is 0 Å². The lowest BCUT2D eigenvalue weighted by atomic mass is 9.92. The first kappa shape index (κ1) is 13.4. The van der Waals surface area contributed by atoms with E-state index in [4.69, 9.17) is 5.73 Å². The number of nitrogens with two attached hydrogens (primary N) is 1. The molecule has 0 saturated carbocycles. The van der Waals surface area contributed by atoms with Crippen molar-refractivity contribution in [2.75, 3.05) is 17.7 Å². The normalized spacial score (nSPS) is 13.8. The largest absolute Gasteiger partial charge is 0.397 e. The first-order valence-electron chi connectivity index (χ1n) is 6.22. The van der Waals surface area contributed by atoms with Crippen LogP contribution in [0.25, 0.3) is 0 Å². The molecule has 2 rings (SSSR count). The van der Waals surface area contributed by atoms with Gasteiger partial charge < -0.3 is 16.2 Å². The van der Waals surface area contributed by atoms with Crippen LogP contribution in [0.2, 0.25) is 0 Å². The summed E-state index contributed by atoms with van der Waals surface area (Å²) in [6.45, 7) is 3.86. The number of pyridine rings is 1. The molecule has 1 aromatic carbocycles. The maximum Gasteiger partial charge on any atom is 0.129 e. The van der Waals surface area contributed by atoms with Crippen molar-refractivity contribution in [2.24, 2.45) is 0 Å². The lowest BCUT2D eigenvalue weighted by molar-refractivity contribution is 0.223. The standard InChI is InChI=1S/C15H19N3O/c1-11-8-13(16)9-17-14(11)18-15(2,10-19)12-6-4-3-5-7-12/h3-9,19H,10,16H2,1-2H3,(H,17,18). The molecule has 4 nitrogen and oxygen atoms in total. The van der Waals surface area contributed by atoms with Crippen molar-refractivity contribution in [3.8, 4) is 0 Å². The number of hydrogen-bond acceptors (Lipinski definition) is 4. The van der Waals surface area contributed by atoms with E-state index >= 15 is 0 Å². The zero-order chi connectivity index (χ0) is 13.9. The number of nitrogens with one attached hydrogen (secondary N) is 1. The molecule has 1 atom stereocenters. The number of anilines is 2. The number of aliphatic hydroxyl groups is 1. The molecule has 19 heavy (non-hydrogen) atoms. The van der Waals surface area contributed by atoms with E-state index in [0.717, 1.165) is 16.9 Å². The van der Waals surface area contributed by atoms with Gasteiger partial charge in [0, 0.05) is 0 Å². The lowest BCUT2D eigenvalue weighted by Gasteiger charge is -2.30. The number of nitrogens with zero attached hydrogens (tertiary/aromatic N) is 1. The summed E-state index contributed by atoms with van der Waals surface area (Å²) in [7, 11) is 0. The third-order valence-electron chi connectivity index (χ3n) is 3.22. The highest BCUT2D eigenvalue weighted by molar-refractivity contribution is 5.53. The summed E-state index contributed by atoms with van der Waals surface area (Å²) in [5.74, 6) is 0.731. The van der Waals surface area contributed by atoms with Gasteiger partial charge in [0.05, 0.1) is 24.0 Å². The van der Waals surface area contributed by atoms with E-state index < -0.39 is 5.54 Å². The molecule has 0 saturated heterocycles. The molecule has 0 aliphatic rings. The molecule has 0 spiro atoms. The molecule has 1 aromatic heterocycles. The predicted molar refractivity (Wildman–Crippen MR) is 77.9 cm³/mol. The second-order valence-electron chi connectivity index (χ2n) is 4.92. The van der Waals surface area contributed by atoms with Crippen molar-refractivity contribution in [2.45, 2.75) is 19.4 Å². The van der Waals surface area contributed by atoms with Gasteiger partial charge in [-0.05, 0) is 31.0 Å². The first-order chi connectivity index (χ1) is 9.05. The second-order valence-corrected chi connectivity index (χ2v) is 4.92. The minimum atomic E-state index is -0.574. The Kier molecular flexibility index (Phi) is 3.71. The minimum absolute atomic E-state index is 0.0253. The number of aromatic nitrogens is 1. The van der Waals surface area contributed by atoms with Crippen molar-refractivity contribution in [3.05, 3.63) is 53.7 Å². The summed E-state index contributed by atoms with van der Waals surface area (Å²) in [6, 6.07) is 11.7. The quantitative estimate of drug-likeness (QED) is 0.786. The molecule has 0 fully saturated rings. The van der Waals surface area contributed by atoms with Crippen LogP contribution in [-0.4, -0.2) is 16.7 Å². The number of aliphatic hydroxyl groups excluding tert-OH is 1. The summed E-state index contributed by atoms with van der Waals surface area (Å²) in [4.78, 5) is 4.29. The maximum atomic E-state index is 9.73. The summed E-state index contributed by atoms with van der Waals surface area (Å²) >= 11 is 0. The molecule has 100 valence electrons. The smallest absolute Gasteiger partial charge is 0.129 e. The Morgan fingerprint density at radius 1 is 1.32 bits per heavy atom. The number of nitrogen functional groups attached to an aromatic ring is 1. The molecule has 1 unspecified atom stereocenters. The van der Waals surface area contributed by atoms with E-state index in [1.807, 2.05) is 50.2 Å². The van der Waals surface area contributed by atoms with Crippen molar-refractivity contribution >= 4 is 11.5 Å². The SMILES string of the molecule is Cc1cc(N)cnc1NC(C)(CO)c1ccccc1. The third kappa shape index (κ3) is 2.85. The van der Waals surface area contributed by atoms with Gasteiger partial charge in [0.1, 0.15) is 5.82 Å². The molecule has 2 aromatic rings. The molecule has 4 N–H and O–H groups in total. The molecule has 0 amide bonds.